The van der Waals surface area contributed by atoms with E-state index in [0.717, 1.165) is 30.0 Å². The van der Waals surface area contributed by atoms with E-state index in [9.17, 15) is 22.4 Å². The van der Waals surface area contributed by atoms with Crippen LogP contribution in [0.2, 0.25) is 0 Å². The summed E-state index contributed by atoms with van der Waals surface area (Å²) in [6.45, 7) is 0.717. The highest BCUT2D eigenvalue weighted by Gasteiger charge is 2.38. The fourth-order valence-corrected chi connectivity index (χ4v) is 2.17. The zero-order valence-corrected chi connectivity index (χ0v) is 12.1. The molecule has 0 aliphatic carbocycles. The smallest absolute Gasteiger partial charge is 0.329 e. The zero-order valence-electron chi connectivity index (χ0n) is 12.1. The van der Waals surface area contributed by atoms with E-state index < -0.39 is 29.6 Å². The number of benzene rings is 1. The number of carbonyl (C=O) groups is 1. The molecule has 1 fully saturated rings. The van der Waals surface area contributed by atoms with Gasteiger partial charge in [0.05, 0.1) is 12.2 Å². The first kappa shape index (κ1) is 16.4. The summed E-state index contributed by atoms with van der Waals surface area (Å²) in [6, 6.07) is 3.27. The molecule has 2 aromatic rings. The summed E-state index contributed by atoms with van der Waals surface area (Å²) in [5.41, 5.74) is -0.289. The molecule has 10 heteroatoms. The van der Waals surface area contributed by atoms with Crippen LogP contribution in [0.25, 0.3) is 11.4 Å². The second-order valence-corrected chi connectivity index (χ2v) is 5.06. The van der Waals surface area contributed by atoms with E-state index in [1.807, 2.05) is 0 Å². The van der Waals surface area contributed by atoms with Crippen molar-refractivity contribution in [2.24, 2.45) is 0 Å². The topological polar surface area (TPSA) is 68.5 Å². The first-order chi connectivity index (χ1) is 11.4. The van der Waals surface area contributed by atoms with Crippen LogP contribution in [0.5, 0.6) is 0 Å². The zero-order chi connectivity index (χ0) is 17.3. The number of rotatable bonds is 2. The van der Waals surface area contributed by atoms with Crippen molar-refractivity contribution < 1.29 is 31.7 Å². The molecular formula is C14H11F4N3O3. The van der Waals surface area contributed by atoms with Crippen LogP contribution < -0.4 is 0 Å². The van der Waals surface area contributed by atoms with Crippen LogP contribution in [0.3, 0.4) is 0 Å². The van der Waals surface area contributed by atoms with Gasteiger partial charge in [-0.15, -0.1) is 0 Å². The van der Waals surface area contributed by atoms with Gasteiger partial charge in [0.25, 0.3) is 5.91 Å². The predicted molar refractivity (Wildman–Crippen MR) is 70.9 cm³/mol. The maximum atomic E-state index is 14.2. The van der Waals surface area contributed by atoms with E-state index in [0.29, 0.717) is 13.2 Å². The van der Waals surface area contributed by atoms with Crippen molar-refractivity contribution in [1.82, 2.24) is 15.2 Å². The van der Waals surface area contributed by atoms with Crippen LogP contribution in [0.1, 0.15) is 29.1 Å². The van der Waals surface area contributed by atoms with Gasteiger partial charge >= 0.3 is 12.1 Å². The lowest BCUT2D eigenvalue weighted by molar-refractivity contribution is -0.159. The maximum Gasteiger partial charge on any atom is 0.471 e. The van der Waals surface area contributed by atoms with E-state index in [-0.39, 0.29) is 11.1 Å². The SMILES string of the molecule is O=C(c1ccc(-c2noc(C(F)(F)F)n2)cc1F)N1CCCCO1. The Balaban J connectivity index is 1.84. The summed E-state index contributed by atoms with van der Waals surface area (Å²) in [6.07, 6.45) is -3.23. The van der Waals surface area contributed by atoms with Crippen LogP contribution in [-0.2, 0) is 11.0 Å². The lowest BCUT2D eigenvalue weighted by Gasteiger charge is -2.25. The van der Waals surface area contributed by atoms with Crippen LogP contribution >= 0.6 is 0 Å². The first-order valence-corrected chi connectivity index (χ1v) is 7.02. The van der Waals surface area contributed by atoms with Gasteiger partial charge in [-0.3, -0.25) is 9.63 Å². The number of carbonyl (C=O) groups excluding carboxylic acids is 1. The molecule has 1 aliphatic rings. The van der Waals surface area contributed by atoms with Crippen LogP contribution in [0.4, 0.5) is 17.6 Å². The van der Waals surface area contributed by atoms with Gasteiger partial charge in [0.1, 0.15) is 5.82 Å². The van der Waals surface area contributed by atoms with Gasteiger partial charge < -0.3 is 4.52 Å². The molecule has 0 unspecified atom stereocenters. The summed E-state index contributed by atoms with van der Waals surface area (Å²) >= 11 is 0. The summed E-state index contributed by atoms with van der Waals surface area (Å²) in [5, 5.41) is 4.23. The average Bonchev–Trinajstić information content (AvgIpc) is 3.05. The van der Waals surface area contributed by atoms with E-state index in [1.54, 1.807) is 0 Å². The van der Waals surface area contributed by atoms with Crippen molar-refractivity contribution in [1.29, 1.82) is 0 Å². The van der Waals surface area contributed by atoms with Crippen LogP contribution in [0.15, 0.2) is 22.7 Å². The predicted octanol–water partition coefficient (Wildman–Crippen LogP) is 3.06. The largest absolute Gasteiger partial charge is 0.471 e. The normalized spacial score (nSPS) is 15.6. The second-order valence-electron chi connectivity index (χ2n) is 5.06. The molecule has 1 saturated heterocycles. The number of aromatic nitrogens is 2. The third kappa shape index (κ3) is 3.23. The fourth-order valence-electron chi connectivity index (χ4n) is 2.17. The number of halogens is 4. The Morgan fingerprint density at radius 2 is 2.04 bits per heavy atom. The lowest BCUT2D eigenvalue weighted by atomic mass is 10.1. The molecule has 0 atom stereocenters. The minimum atomic E-state index is -4.79. The van der Waals surface area contributed by atoms with Crippen LogP contribution in [0, 0.1) is 5.82 Å². The fraction of sp³-hybridized carbons (Fsp3) is 0.357. The molecule has 2 heterocycles. The molecule has 24 heavy (non-hydrogen) atoms. The number of amides is 1. The highest BCUT2D eigenvalue weighted by molar-refractivity contribution is 5.94. The highest BCUT2D eigenvalue weighted by atomic mass is 19.4. The molecule has 1 aromatic heterocycles. The van der Waals surface area contributed by atoms with E-state index in [2.05, 4.69) is 14.7 Å². The first-order valence-electron chi connectivity index (χ1n) is 7.02. The Bertz CT molecular complexity index is 754. The molecule has 3 rings (SSSR count). The van der Waals surface area contributed by atoms with Crippen molar-refractivity contribution in [2.75, 3.05) is 13.2 Å². The molecule has 1 amide bonds. The summed E-state index contributed by atoms with van der Waals surface area (Å²) in [4.78, 5) is 20.5. The number of alkyl halides is 3. The van der Waals surface area contributed by atoms with Gasteiger partial charge in [0.2, 0.25) is 5.82 Å². The van der Waals surface area contributed by atoms with E-state index in [1.165, 1.54) is 6.07 Å². The van der Waals surface area contributed by atoms with E-state index in [4.69, 9.17) is 4.84 Å². The van der Waals surface area contributed by atoms with E-state index >= 15 is 0 Å². The van der Waals surface area contributed by atoms with Crippen molar-refractivity contribution in [3.05, 3.63) is 35.5 Å². The van der Waals surface area contributed by atoms with Gasteiger partial charge in [-0.2, -0.15) is 18.2 Å². The molecule has 1 aliphatic heterocycles. The molecule has 6 nitrogen and oxygen atoms in total. The van der Waals surface area contributed by atoms with Gasteiger partial charge in [0.15, 0.2) is 0 Å². The Morgan fingerprint density at radius 1 is 1.25 bits per heavy atom. The second kappa shape index (κ2) is 6.19. The molecule has 128 valence electrons. The number of hydrogen-bond donors (Lipinski definition) is 0. The number of nitrogens with zero attached hydrogens (tertiary/aromatic N) is 3. The van der Waals surface area contributed by atoms with Crippen molar-refractivity contribution in [2.45, 2.75) is 19.0 Å². The molecule has 0 spiro atoms. The van der Waals surface area contributed by atoms with Crippen molar-refractivity contribution >= 4 is 5.91 Å². The Hall–Kier alpha value is -2.49. The van der Waals surface area contributed by atoms with Crippen molar-refractivity contribution in [3.63, 3.8) is 0 Å². The molecular weight excluding hydrogens is 334 g/mol. The molecule has 0 saturated carbocycles. The molecule has 0 N–H and O–H groups in total. The minimum Gasteiger partial charge on any atom is -0.329 e. The standard InChI is InChI=1S/C14H11F4N3O3/c15-10-7-8(11-19-13(24-20-11)14(16,17)18)3-4-9(10)12(22)21-5-1-2-6-23-21/h3-4,7H,1-2,5-6H2. The van der Waals surface area contributed by atoms with Gasteiger partial charge in [-0.25, -0.2) is 9.45 Å². The summed E-state index contributed by atoms with van der Waals surface area (Å²) in [5.74, 6) is -3.51. The average molecular weight is 345 g/mol. The minimum absolute atomic E-state index is 0.0390. The Labute approximate surface area is 133 Å². The molecule has 1 aromatic carbocycles. The van der Waals surface area contributed by atoms with Gasteiger partial charge in [-0.05, 0) is 25.0 Å². The number of hydroxylamine groups is 2. The third-order valence-corrected chi connectivity index (χ3v) is 3.36. The van der Waals surface area contributed by atoms with Crippen LogP contribution in [-0.4, -0.2) is 34.3 Å². The monoisotopic (exact) mass is 345 g/mol. The Kier molecular flexibility index (Phi) is 4.22. The Morgan fingerprint density at radius 3 is 2.62 bits per heavy atom. The highest BCUT2D eigenvalue weighted by Crippen LogP contribution is 2.29. The summed E-state index contributed by atoms with van der Waals surface area (Å²) < 4.78 is 55.6. The quantitative estimate of drug-likeness (QED) is 0.783. The summed E-state index contributed by atoms with van der Waals surface area (Å²) in [7, 11) is 0. The van der Waals surface area contributed by atoms with Gasteiger partial charge in [-0.1, -0.05) is 11.2 Å². The van der Waals surface area contributed by atoms with Gasteiger partial charge in [0, 0.05) is 12.1 Å². The third-order valence-electron chi connectivity index (χ3n) is 3.36. The molecule has 0 radical (unpaired) electrons. The lowest BCUT2D eigenvalue weighted by Crippen LogP contribution is -2.36. The number of hydrogen-bond acceptors (Lipinski definition) is 5. The maximum absolute atomic E-state index is 14.2. The molecule has 0 bridgehead atoms. The van der Waals surface area contributed by atoms with Crippen molar-refractivity contribution in [3.8, 4) is 11.4 Å².